The Balaban J connectivity index is 1.84. The zero-order valence-corrected chi connectivity index (χ0v) is 10.9. The summed E-state index contributed by atoms with van der Waals surface area (Å²) in [6, 6.07) is 0. The third-order valence-corrected chi connectivity index (χ3v) is 3.84. The lowest BCUT2D eigenvalue weighted by molar-refractivity contribution is -0.140. The first-order valence-electron chi connectivity index (χ1n) is 6.10. The van der Waals surface area contributed by atoms with Crippen LogP contribution in [-0.2, 0) is 9.59 Å². The van der Waals surface area contributed by atoms with Gasteiger partial charge < -0.3 is 15.4 Å². The molecule has 1 fully saturated rings. The number of nitrogens with zero attached hydrogens (tertiary/aromatic N) is 3. The largest absolute Gasteiger partial charge is 0.481 e. The summed E-state index contributed by atoms with van der Waals surface area (Å²) < 4.78 is 0. The second-order valence-electron chi connectivity index (χ2n) is 5.43. The molecular weight excluding hydrogens is 262 g/mol. The molecule has 2 unspecified atom stereocenters. The van der Waals surface area contributed by atoms with Gasteiger partial charge in [0.25, 0.3) is 0 Å². The average Bonchev–Trinajstić information content (AvgIpc) is 2.73. The Morgan fingerprint density at radius 3 is 2.70 bits per heavy atom. The van der Waals surface area contributed by atoms with Crippen LogP contribution in [0.25, 0.3) is 11.2 Å². The van der Waals surface area contributed by atoms with Gasteiger partial charge in [0.15, 0.2) is 11.5 Å². The predicted molar refractivity (Wildman–Crippen MR) is 68.7 cm³/mol. The molecule has 8 nitrogen and oxygen atoms in total. The number of carboxylic acids is 1. The van der Waals surface area contributed by atoms with Crippen molar-refractivity contribution in [1.29, 1.82) is 0 Å². The number of amides is 1. The van der Waals surface area contributed by atoms with Crippen LogP contribution < -0.4 is 5.32 Å². The summed E-state index contributed by atoms with van der Waals surface area (Å²) in [5.74, 6) is -2.22. The van der Waals surface area contributed by atoms with E-state index in [0.717, 1.165) is 0 Å². The van der Waals surface area contributed by atoms with E-state index in [9.17, 15) is 9.59 Å². The second kappa shape index (κ2) is 3.99. The number of carbonyl (C=O) groups excluding carboxylic acids is 1. The number of aromatic nitrogens is 4. The number of fused-ring (bicyclic) bond motifs is 1. The normalized spacial score (nSPS) is 23.5. The van der Waals surface area contributed by atoms with E-state index < -0.39 is 23.2 Å². The van der Waals surface area contributed by atoms with Crippen molar-refractivity contribution < 1.29 is 14.7 Å². The Hall–Kier alpha value is -2.51. The van der Waals surface area contributed by atoms with Crippen LogP contribution in [0, 0.1) is 17.3 Å². The highest BCUT2D eigenvalue weighted by molar-refractivity contribution is 6.02. The van der Waals surface area contributed by atoms with Gasteiger partial charge in [-0.1, -0.05) is 13.8 Å². The standard InChI is InChI=1S/C12H13N5O3/c1-12(2)5(6(12)11(19)20)10(18)17-9-7-8(14-3-13-7)15-4-16-9/h3-6H,1-2H3,(H,19,20)(H2,13,14,15,16,17,18). The van der Waals surface area contributed by atoms with Crippen LogP contribution in [0.1, 0.15) is 13.8 Å². The Kier molecular flexibility index (Phi) is 2.50. The quantitative estimate of drug-likeness (QED) is 0.756. The second-order valence-corrected chi connectivity index (χ2v) is 5.43. The van der Waals surface area contributed by atoms with Gasteiger partial charge in [0.05, 0.1) is 18.2 Å². The molecule has 1 amide bonds. The maximum Gasteiger partial charge on any atom is 0.307 e. The molecule has 2 aromatic heterocycles. The van der Waals surface area contributed by atoms with Crippen molar-refractivity contribution in [2.24, 2.45) is 17.3 Å². The van der Waals surface area contributed by atoms with Gasteiger partial charge >= 0.3 is 5.97 Å². The fourth-order valence-electron chi connectivity index (χ4n) is 2.64. The number of anilines is 1. The number of hydrogen-bond donors (Lipinski definition) is 3. The van der Waals surface area contributed by atoms with Gasteiger partial charge in [0, 0.05) is 0 Å². The van der Waals surface area contributed by atoms with E-state index in [4.69, 9.17) is 5.11 Å². The minimum absolute atomic E-state index is 0.310. The third-order valence-electron chi connectivity index (χ3n) is 3.84. The number of imidazole rings is 1. The number of aromatic amines is 1. The number of aliphatic carboxylic acids is 1. The highest BCUT2D eigenvalue weighted by Gasteiger charge is 2.65. The van der Waals surface area contributed by atoms with Gasteiger partial charge in [-0.05, 0) is 5.41 Å². The van der Waals surface area contributed by atoms with E-state index in [1.54, 1.807) is 13.8 Å². The average molecular weight is 275 g/mol. The topological polar surface area (TPSA) is 121 Å². The van der Waals surface area contributed by atoms with E-state index >= 15 is 0 Å². The van der Waals surface area contributed by atoms with Crippen LogP contribution in [0.15, 0.2) is 12.7 Å². The molecule has 20 heavy (non-hydrogen) atoms. The first-order chi connectivity index (χ1) is 9.43. The van der Waals surface area contributed by atoms with Gasteiger partial charge in [-0.3, -0.25) is 9.59 Å². The molecule has 0 bridgehead atoms. The molecule has 2 atom stereocenters. The lowest BCUT2D eigenvalue weighted by atomic mass is 10.1. The Bertz CT molecular complexity index is 708. The Labute approximate surface area is 113 Å². The first kappa shape index (κ1) is 12.5. The van der Waals surface area contributed by atoms with E-state index in [2.05, 4.69) is 25.3 Å². The van der Waals surface area contributed by atoms with Crippen LogP contribution in [0.4, 0.5) is 5.82 Å². The molecule has 1 aliphatic rings. The monoisotopic (exact) mass is 275 g/mol. The Morgan fingerprint density at radius 1 is 1.30 bits per heavy atom. The molecule has 0 aliphatic heterocycles. The number of rotatable bonds is 3. The van der Waals surface area contributed by atoms with Crippen LogP contribution in [-0.4, -0.2) is 36.9 Å². The van der Waals surface area contributed by atoms with Gasteiger partial charge in [-0.25, -0.2) is 15.0 Å². The summed E-state index contributed by atoms with van der Waals surface area (Å²) in [4.78, 5) is 38.0. The smallest absolute Gasteiger partial charge is 0.307 e. The van der Waals surface area contributed by atoms with Gasteiger partial charge in [-0.15, -0.1) is 0 Å². The molecule has 0 saturated heterocycles. The zero-order chi connectivity index (χ0) is 14.5. The molecule has 3 N–H and O–H groups in total. The van der Waals surface area contributed by atoms with E-state index in [-0.39, 0.29) is 5.91 Å². The lowest BCUT2D eigenvalue weighted by Crippen LogP contribution is -2.18. The van der Waals surface area contributed by atoms with Crippen LogP contribution >= 0.6 is 0 Å². The van der Waals surface area contributed by atoms with E-state index in [1.165, 1.54) is 12.7 Å². The van der Waals surface area contributed by atoms with E-state index in [0.29, 0.717) is 17.0 Å². The van der Waals surface area contributed by atoms with Crippen LogP contribution in [0.3, 0.4) is 0 Å². The van der Waals surface area contributed by atoms with Crippen molar-refractivity contribution >= 4 is 28.9 Å². The molecule has 2 heterocycles. The predicted octanol–water partition coefficient (Wildman–Crippen LogP) is 0.648. The van der Waals surface area contributed by atoms with Crippen molar-refractivity contribution in [3.05, 3.63) is 12.7 Å². The van der Waals surface area contributed by atoms with Crippen molar-refractivity contribution in [2.45, 2.75) is 13.8 Å². The van der Waals surface area contributed by atoms with Gasteiger partial charge in [-0.2, -0.15) is 0 Å². The van der Waals surface area contributed by atoms with Crippen molar-refractivity contribution in [2.75, 3.05) is 5.32 Å². The first-order valence-corrected chi connectivity index (χ1v) is 6.10. The van der Waals surface area contributed by atoms with Gasteiger partial charge in [0.1, 0.15) is 11.8 Å². The summed E-state index contributed by atoms with van der Waals surface area (Å²) >= 11 is 0. The maximum absolute atomic E-state index is 12.2. The molecule has 0 radical (unpaired) electrons. The SMILES string of the molecule is CC1(C)C(C(=O)O)C1C(=O)Nc1ncnc2nc[nH]c12. The molecule has 8 heteroatoms. The molecular formula is C12H13N5O3. The summed E-state index contributed by atoms with van der Waals surface area (Å²) in [6.07, 6.45) is 2.75. The summed E-state index contributed by atoms with van der Waals surface area (Å²) in [6.45, 7) is 3.53. The minimum Gasteiger partial charge on any atom is -0.481 e. The summed E-state index contributed by atoms with van der Waals surface area (Å²) in [5.41, 5.74) is 0.419. The lowest BCUT2D eigenvalue weighted by Gasteiger charge is -2.05. The summed E-state index contributed by atoms with van der Waals surface area (Å²) in [7, 11) is 0. The number of carbonyl (C=O) groups is 2. The van der Waals surface area contributed by atoms with Crippen LogP contribution in [0.5, 0.6) is 0 Å². The number of hydrogen-bond acceptors (Lipinski definition) is 5. The zero-order valence-electron chi connectivity index (χ0n) is 10.9. The molecule has 3 rings (SSSR count). The molecule has 1 aliphatic carbocycles. The van der Waals surface area contributed by atoms with Crippen molar-refractivity contribution in [1.82, 2.24) is 19.9 Å². The number of H-pyrrole nitrogens is 1. The maximum atomic E-state index is 12.2. The highest BCUT2D eigenvalue weighted by Crippen LogP contribution is 2.58. The number of nitrogens with one attached hydrogen (secondary N) is 2. The fraction of sp³-hybridized carbons (Fsp3) is 0.417. The molecule has 1 saturated carbocycles. The molecule has 0 aromatic carbocycles. The molecule has 0 spiro atoms. The molecule has 2 aromatic rings. The van der Waals surface area contributed by atoms with Crippen molar-refractivity contribution in [3.63, 3.8) is 0 Å². The van der Waals surface area contributed by atoms with Gasteiger partial charge in [0.2, 0.25) is 5.91 Å². The fourth-order valence-corrected chi connectivity index (χ4v) is 2.64. The highest BCUT2D eigenvalue weighted by atomic mass is 16.4. The van der Waals surface area contributed by atoms with Crippen LogP contribution in [0.2, 0.25) is 0 Å². The minimum atomic E-state index is -0.954. The van der Waals surface area contributed by atoms with Crippen molar-refractivity contribution in [3.8, 4) is 0 Å². The Morgan fingerprint density at radius 2 is 2.05 bits per heavy atom. The van der Waals surface area contributed by atoms with E-state index in [1.807, 2.05) is 0 Å². The summed E-state index contributed by atoms with van der Waals surface area (Å²) in [5, 5.41) is 11.7. The number of carboxylic acid groups (broad SMARTS) is 1. The third kappa shape index (κ3) is 1.72. The molecule has 104 valence electrons.